The number of ketones is 1. The molecule has 2 N–H and O–H groups in total. The zero-order chi connectivity index (χ0) is 19.1. The van der Waals surface area contributed by atoms with Gasteiger partial charge in [-0.05, 0) is 41.6 Å². The van der Waals surface area contributed by atoms with Gasteiger partial charge in [-0.25, -0.2) is 0 Å². The number of nitrogens with one attached hydrogen (secondary N) is 2. The molecule has 140 valence electrons. The topological polar surface area (TPSA) is 41.1 Å². The molecule has 0 spiro atoms. The van der Waals surface area contributed by atoms with Crippen molar-refractivity contribution in [3.8, 4) is 0 Å². The molecular weight excluding hydrogens is 388 g/mol. The van der Waals surface area contributed by atoms with E-state index in [4.69, 9.17) is 11.6 Å². The van der Waals surface area contributed by atoms with Crippen molar-refractivity contribution in [1.29, 1.82) is 0 Å². The largest absolute Gasteiger partial charge is 0.372 e. The van der Waals surface area contributed by atoms with Gasteiger partial charge in [0.2, 0.25) is 0 Å². The lowest BCUT2D eigenvalue weighted by Crippen LogP contribution is -2.26. The number of Topliss-reactive ketones (excluding diaryl/α,β-unsaturated/α-hetero) is 1. The molecule has 2 atom stereocenters. The van der Waals surface area contributed by atoms with Crippen molar-refractivity contribution in [2.45, 2.75) is 24.8 Å². The molecule has 0 saturated heterocycles. The Morgan fingerprint density at radius 3 is 2.50 bits per heavy atom. The van der Waals surface area contributed by atoms with E-state index in [-0.39, 0.29) is 17.7 Å². The molecule has 5 heteroatoms. The Morgan fingerprint density at radius 2 is 1.71 bits per heavy atom. The molecule has 1 aliphatic heterocycles. The number of carbonyl (C=O) groups excluding carboxylic acids is 1. The third-order valence-corrected chi connectivity index (χ3v) is 6.85. The summed E-state index contributed by atoms with van der Waals surface area (Å²) < 4.78 is 0. The highest BCUT2D eigenvalue weighted by Crippen LogP contribution is 2.45. The third-order valence-electron chi connectivity index (χ3n) is 5.47. The number of hydrogen-bond acceptors (Lipinski definition) is 4. The Labute approximate surface area is 173 Å². The highest BCUT2D eigenvalue weighted by Gasteiger charge is 2.36. The summed E-state index contributed by atoms with van der Waals surface area (Å²) in [7, 11) is 0. The number of para-hydroxylation sites is 2. The van der Waals surface area contributed by atoms with Crippen LogP contribution in [0.1, 0.15) is 35.2 Å². The predicted octanol–water partition coefficient (Wildman–Crippen LogP) is 6.38. The van der Waals surface area contributed by atoms with Gasteiger partial charge in [-0.1, -0.05) is 48.0 Å². The predicted molar refractivity (Wildman–Crippen MR) is 116 cm³/mol. The van der Waals surface area contributed by atoms with Crippen LogP contribution in [0.5, 0.6) is 0 Å². The van der Waals surface area contributed by atoms with Crippen LogP contribution < -0.4 is 10.6 Å². The molecule has 3 aromatic rings. The molecule has 0 fully saturated rings. The molecule has 0 saturated carbocycles. The minimum atomic E-state index is -0.267. The Morgan fingerprint density at radius 1 is 0.929 bits per heavy atom. The quantitative estimate of drug-likeness (QED) is 0.518. The van der Waals surface area contributed by atoms with Crippen LogP contribution in [0.15, 0.2) is 77.3 Å². The van der Waals surface area contributed by atoms with Crippen LogP contribution in [0.2, 0.25) is 5.02 Å². The van der Waals surface area contributed by atoms with Crippen molar-refractivity contribution < 1.29 is 4.79 Å². The fourth-order valence-electron chi connectivity index (χ4n) is 4.16. The van der Waals surface area contributed by atoms with E-state index in [1.165, 1.54) is 4.88 Å². The normalized spacial score (nSPS) is 21.2. The summed E-state index contributed by atoms with van der Waals surface area (Å²) in [6.45, 7) is 0. The van der Waals surface area contributed by atoms with Gasteiger partial charge in [0.05, 0.1) is 17.4 Å². The van der Waals surface area contributed by atoms with E-state index < -0.39 is 0 Å². The van der Waals surface area contributed by atoms with Crippen molar-refractivity contribution in [3.63, 3.8) is 0 Å². The summed E-state index contributed by atoms with van der Waals surface area (Å²) in [5.41, 5.74) is 4.69. The fraction of sp³-hybridized carbons (Fsp3) is 0.174. The first kappa shape index (κ1) is 17.5. The van der Waals surface area contributed by atoms with E-state index in [0.717, 1.165) is 34.6 Å². The lowest BCUT2D eigenvalue weighted by molar-refractivity contribution is -0.116. The Bertz CT molecular complexity index is 1070. The lowest BCUT2D eigenvalue weighted by atomic mass is 9.81. The standard InChI is InChI=1S/C23H19ClN2OS/c24-16-7-2-1-6-15(16)23-22-19(25-17-8-3-4-9-18(17)26-23)12-14(13-20(22)27)21-10-5-11-28-21/h1-11,14,23,25-26H,12-13H2. The maximum atomic E-state index is 13.4. The Balaban J connectivity index is 1.65. The number of fused-ring (bicyclic) bond motifs is 1. The van der Waals surface area contributed by atoms with Crippen LogP contribution in [0.25, 0.3) is 0 Å². The zero-order valence-corrected chi connectivity index (χ0v) is 16.7. The molecule has 3 nitrogen and oxygen atoms in total. The van der Waals surface area contributed by atoms with Crippen molar-refractivity contribution in [3.05, 3.63) is 92.8 Å². The molecule has 28 heavy (non-hydrogen) atoms. The maximum Gasteiger partial charge on any atom is 0.163 e. The third kappa shape index (κ3) is 3.03. The second-order valence-electron chi connectivity index (χ2n) is 7.21. The van der Waals surface area contributed by atoms with Crippen LogP contribution in [0, 0.1) is 0 Å². The van der Waals surface area contributed by atoms with Gasteiger partial charge in [-0.3, -0.25) is 4.79 Å². The van der Waals surface area contributed by atoms with Gasteiger partial charge in [0.1, 0.15) is 0 Å². The fourth-order valence-corrected chi connectivity index (χ4v) is 5.23. The molecule has 2 aliphatic rings. The number of halogens is 1. The first-order valence-electron chi connectivity index (χ1n) is 9.37. The molecule has 0 amide bonds. The molecule has 2 heterocycles. The average Bonchev–Trinajstić information content (AvgIpc) is 3.17. The van der Waals surface area contributed by atoms with Gasteiger partial charge >= 0.3 is 0 Å². The summed E-state index contributed by atoms with van der Waals surface area (Å²) in [5.74, 6) is 0.397. The number of hydrogen-bond donors (Lipinski definition) is 2. The molecule has 2 unspecified atom stereocenters. The number of rotatable bonds is 2. The van der Waals surface area contributed by atoms with Gasteiger partial charge in [0, 0.05) is 33.5 Å². The van der Waals surface area contributed by atoms with Gasteiger partial charge in [0.25, 0.3) is 0 Å². The molecule has 5 rings (SSSR count). The monoisotopic (exact) mass is 406 g/mol. The second kappa shape index (κ2) is 7.12. The van der Waals surface area contributed by atoms with Crippen LogP contribution in [-0.2, 0) is 4.79 Å². The van der Waals surface area contributed by atoms with Crippen LogP contribution in [-0.4, -0.2) is 5.78 Å². The van der Waals surface area contributed by atoms with E-state index in [1.54, 1.807) is 11.3 Å². The van der Waals surface area contributed by atoms with Gasteiger partial charge in [-0.2, -0.15) is 0 Å². The van der Waals surface area contributed by atoms with Crippen molar-refractivity contribution in [2.75, 3.05) is 10.6 Å². The highest BCUT2D eigenvalue weighted by atomic mass is 35.5. The summed E-state index contributed by atoms with van der Waals surface area (Å²) in [6, 6.07) is 19.8. The minimum absolute atomic E-state index is 0.178. The summed E-state index contributed by atoms with van der Waals surface area (Å²) in [5, 5.41) is 9.88. The van der Waals surface area contributed by atoms with Crippen LogP contribution >= 0.6 is 22.9 Å². The number of allylic oxidation sites excluding steroid dienone is 1. The molecule has 0 bridgehead atoms. The average molecular weight is 407 g/mol. The molecule has 1 aliphatic carbocycles. The van der Waals surface area contributed by atoms with E-state index in [1.807, 2.05) is 48.5 Å². The van der Waals surface area contributed by atoms with Gasteiger partial charge in [-0.15, -0.1) is 11.3 Å². The SMILES string of the molecule is O=C1CC(c2cccs2)CC2=C1C(c1ccccc1Cl)Nc1ccccc1N2. The van der Waals surface area contributed by atoms with Crippen LogP contribution in [0.3, 0.4) is 0 Å². The van der Waals surface area contributed by atoms with E-state index in [0.29, 0.717) is 11.4 Å². The Kier molecular flexibility index (Phi) is 4.46. The number of benzene rings is 2. The van der Waals surface area contributed by atoms with Gasteiger partial charge < -0.3 is 10.6 Å². The van der Waals surface area contributed by atoms with Gasteiger partial charge in [0.15, 0.2) is 5.78 Å². The van der Waals surface area contributed by atoms with E-state index in [9.17, 15) is 4.79 Å². The first-order valence-corrected chi connectivity index (χ1v) is 10.6. The first-order chi connectivity index (χ1) is 13.7. The van der Waals surface area contributed by atoms with Crippen molar-refractivity contribution >= 4 is 40.1 Å². The molecule has 1 aromatic heterocycles. The Hall–Kier alpha value is -2.56. The summed E-state index contributed by atoms with van der Waals surface area (Å²) in [6.07, 6.45) is 1.35. The molecule has 2 aromatic carbocycles. The zero-order valence-electron chi connectivity index (χ0n) is 15.1. The number of thiophene rings is 1. The smallest absolute Gasteiger partial charge is 0.163 e. The second-order valence-corrected chi connectivity index (χ2v) is 8.59. The maximum absolute atomic E-state index is 13.4. The molecule has 0 radical (unpaired) electrons. The minimum Gasteiger partial charge on any atom is -0.372 e. The summed E-state index contributed by atoms with van der Waals surface area (Å²) >= 11 is 8.26. The van der Waals surface area contributed by atoms with Crippen LogP contribution in [0.4, 0.5) is 11.4 Å². The van der Waals surface area contributed by atoms with E-state index in [2.05, 4.69) is 28.1 Å². The summed E-state index contributed by atoms with van der Waals surface area (Å²) in [4.78, 5) is 14.6. The number of anilines is 2. The molecular formula is C23H19ClN2OS. The van der Waals surface area contributed by atoms with E-state index >= 15 is 0 Å². The van der Waals surface area contributed by atoms with Crippen molar-refractivity contribution in [2.24, 2.45) is 0 Å². The lowest BCUT2D eigenvalue weighted by Gasteiger charge is -2.29. The van der Waals surface area contributed by atoms with Crippen molar-refractivity contribution in [1.82, 2.24) is 0 Å². The number of carbonyl (C=O) groups is 1. The highest BCUT2D eigenvalue weighted by molar-refractivity contribution is 7.10.